The van der Waals surface area contributed by atoms with Crippen LogP contribution in [0.2, 0.25) is 10.0 Å². The molecule has 3 aliphatic rings. The molecule has 3 atom stereocenters. The molecule has 6 nitrogen and oxygen atoms in total. The van der Waals surface area contributed by atoms with E-state index in [1.54, 1.807) is 36.4 Å². The summed E-state index contributed by atoms with van der Waals surface area (Å²) < 4.78 is 5.48. The predicted molar refractivity (Wildman–Crippen MR) is 115 cm³/mol. The summed E-state index contributed by atoms with van der Waals surface area (Å²) >= 11 is 12.6. The number of amides is 2. The van der Waals surface area contributed by atoms with Crippen molar-refractivity contribution in [2.24, 2.45) is 5.92 Å². The molecule has 0 aliphatic carbocycles. The average Bonchev–Trinajstić information content (AvgIpc) is 3.36. The Hall–Kier alpha value is -2.12. The van der Waals surface area contributed by atoms with Crippen LogP contribution in [0.25, 0.3) is 0 Å². The minimum atomic E-state index is -0.511. The molecule has 3 heterocycles. The molecule has 0 unspecified atom stereocenters. The van der Waals surface area contributed by atoms with E-state index in [1.807, 2.05) is 13.0 Å². The summed E-state index contributed by atoms with van der Waals surface area (Å²) in [7, 11) is 0. The third kappa shape index (κ3) is 2.94. The molecule has 0 bridgehead atoms. The minimum absolute atomic E-state index is 0.186. The van der Waals surface area contributed by atoms with E-state index >= 15 is 0 Å². The first-order valence-corrected chi connectivity index (χ1v) is 10.9. The molecule has 8 heteroatoms. The largest absolute Gasteiger partial charge is 0.494 e. The van der Waals surface area contributed by atoms with Crippen molar-refractivity contribution in [1.29, 1.82) is 0 Å². The number of ether oxygens (including phenoxy) is 1. The molecule has 0 aromatic heterocycles. The highest BCUT2D eigenvalue weighted by Gasteiger charge is 2.63. The summed E-state index contributed by atoms with van der Waals surface area (Å²) in [5, 5.41) is 5.24. The second-order valence-corrected chi connectivity index (χ2v) is 8.54. The third-order valence-corrected chi connectivity index (χ3v) is 6.66. The van der Waals surface area contributed by atoms with Crippen molar-refractivity contribution >= 4 is 40.7 Å². The molecule has 5 rings (SSSR count). The number of anilines is 1. The van der Waals surface area contributed by atoms with Gasteiger partial charge in [0.05, 0.1) is 24.3 Å². The van der Waals surface area contributed by atoms with Gasteiger partial charge in [0, 0.05) is 23.1 Å². The van der Waals surface area contributed by atoms with Crippen LogP contribution in [0.15, 0.2) is 42.5 Å². The van der Waals surface area contributed by atoms with E-state index in [0.717, 1.165) is 25.1 Å². The molecule has 0 spiro atoms. The number of rotatable bonds is 4. The van der Waals surface area contributed by atoms with Gasteiger partial charge in [-0.15, -0.1) is 0 Å². The first-order valence-electron chi connectivity index (χ1n) is 10.1. The zero-order chi connectivity index (χ0) is 21.0. The van der Waals surface area contributed by atoms with E-state index in [2.05, 4.69) is 10.0 Å². The monoisotopic (exact) mass is 445 g/mol. The van der Waals surface area contributed by atoms with Crippen molar-refractivity contribution in [3.05, 3.63) is 58.1 Å². The standard InChI is InChI=1S/C22H21Cl2N3O3/c1-2-30-15-7-5-14(6-8-15)27-21(28)18-19(16-9-4-13(23)12-17(16)24)25-10-3-11-26(25)20(18)22(27)29/h4-9,12,18-20H,2-3,10-11H2,1H3/t18-,19+,20+/m0/s1. The van der Waals surface area contributed by atoms with Crippen molar-refractivity contribution in [2.75, 3.05) is 24.6 Å². The maximum atomic E-state index is 13.6. The van der Waals surface area contributed by atoms with Gasteiger partial charge in [0.2, 0.25) is 5.91 Å². The van der Waals surface area contributed by atoms with E-state index in [0.29, 0.717) is 28.1 Å². The SMILES string of the molecule is CCOc1ccc(N2C(=O)[C@H]3[C@@H](c4ccc(Cl)cc4Cl)N4CCCN4[C@H]3C2=O)cc1. The fraction of sp³-hybridized carbons (Fsp3) is 0.364. The summed E-state index contributed by atoms with van der Waals surface area (Å²) in [6, 6.07) is 11.6. The number of carbonyl (C=O) groups excluding carboxylic acids is 2. The van der Waals surface area contributed by atoms with Crippen LogP contribution in [-0.2, 0) is 9.59 Å². The van der Waals surface area contributed by atoms with Crippen LogP contribution in [0.1, 0.15) is 24.9 Å². The van der Waals surface area contributed by atoms with Gasteiger partial charge in [-0.25, -0.2) is 14.9 Å². The van der Waals surface area contributed by atoms with E-state index in [4.69, 9.17) is 27.9 Å². The lowest BCUT2D eigenvalue weighted by atomic mass is 9.90. The quantitative estimate of drug-likeness (QED) is 0.667. The van der Waals surface area contributed by atoms with Crippen molar-refractivity contribution in [2.45, 2.75) is 25.4 Å². The van der Waals surface area contributed by atoms with Gasteiger partial charge >= 0.3 is 0 Å². The Kier molecular flexibility index (Phi) is 4.98. The molecule has 2 aromatic carbocycles. The molecule has 3 saturated heterocycles. The smallest absolute Gasteiger partial charge is 0.253 e. The molecule has 0 N–H and O–H groups in total. The number of hydrazine groups is 1. The number of halogens is 2. The zero-order valence-corrected chi connectivity index (χ0v) is 17.9. The van der Waals surface area contributed by atoms with E-state index < -0.39 is 12.0 Å². The Labute approximate surface area is 184 Å². The predicted octanol–water partition coefficient (Wildman–Crippen LogP) is 3.93. The summed E-state index contributed by atoms with van der Waals surface area (Å²) in [6.45, 7) is 4.01. The first kappa shape index (κ1) is 19.8. The Bertz CT molecular complexity index is 1010. The van der Waals surface area contributed by atoms with Gasteiger partial charge in [-0.05, 0) is 55.3 Å². The molecule has 156 valence electrons. The maximum absolute atomic E-state index is 13.6. The molecular weight excluding hydrogens is 425 g/mol. The maximum Gasteiger partial charge on any atom is 0.253 e. The molecule has 2 aromatic rings. The molecule has 3 aliphatic heterocycles. The molecule has 3 fully saturated rings. The minimum Gasteiger partial charge on any atom is -0.494 e. The van der Waals surface area contributed by atoms with E-state index in [9.17, 15) is 9.59 Å². The Morgan fingerprint density at radius 2 is 1.67 bits per heavy atom. The van der Waals surface area contributed by atoms with Crippen LogP contribution in [0.3, 0.4) is 0 Å². The number of hydrogen-bond acceptors (Lipinski definition) is 5. The number of benzene rings is 2. The summed E-state index contributed by atoms with van der Waals surface area (Å²) in [6.07, 6.45) is 0.940. The highest BCUT2D eigenvalue weighted by Crippen LogP contribution is 2.50. The number of fused-ring (bicyclic) bond motifs is 3. The number of carbonyl (C=O) groups is 2. The van der Waals surface area contributed by atoms with Gasteiger partial charge < -0.3 is 4.74 Å². The Morgan fingerprint density at radius 3 is 2.33 bits per heavy atom. The van der Waals surface area contributed by atoms with E-state index in [1.165, 1.54) is 4.90 Å². The average molecular weight is 446 g/mol. The van der Waals surface area contributed by atoms with Gasteiger partial charge in [0.25, 0.3) is 5.91 Å². The van der Waals surface area contributed by atoms with Gasteiger partial charge in [0.1, 0.15) is 11.8 Å². The molecular formula is C22H21Cl2N3O3. The van der Waals surface area contributed by atoms with Crippen LogP contribution in [0, 0.1) is 5.92 Å². The molecule has 2 amide bonds. The van der Waals surface area contributed by atoms with Crippen LogP contribution >= 0.6 is 23.2 Å². The second kappa shape index (κ2) is 7.54. The normalized spacial score (nSPS) is 26.4. The number of hydrogen-bond donors (Lipinski definition) is 0. The van der Waals surface area contributed by atoms with Gasteiger partial charge in [0.15, 0.2) is 0 Å². The van der Waals surface area contributed by atoms with Crippen LogP contribution < -0.4 is 9.64 Å². The second-order valence-electron chi connectivity index (χ2n) is 7.70. The Morgan fingerprint density at radius 1 is 0.967 bits per heavy atom. The Balaban J connectivity index is 1.54. The number of imide groups is 1. The fourth-order valence-electron chi connectivity index (χ4n) is 4.94. The van der Waals surface area contributed by atoms with Crippen LogP contribution in [0.5, 0.6) is 5.75 Å². The fourth-order valence-corrected chi connectivity index (χ4v) is 5.46. The van der Waals surface area contributed by atoms with Crippen molar-refractivity contribution < 1.29 is 14.3 Å². The first-order chi connectivity index (χ1) is 14.5. The molecule has 0 radical (unpaired) electrons. The summed E-state index contributed by atoms with van der Waals surface area (Å²) in [5.41, 5.74) is 1.39. The summed E-state index contributed by atoms with van der Waals surface area (Å²) in [5.74, 6) is -0.187. The lowest BCUT2D eigenvalue weighted by Gasteiger charge is -2.30. The highest BCUT2D eigenvalue weighted by atomic mass is 35.5. The van der Waals surface area contributed by atoms with Gasteiger partial charge in [-0.3, -0.25) is 9.59 Å². The van der Waals surface area contributed by atoms with Crippen molar-refractivity contribution in [3.63, 3.8) is 0 Å². The highest BCUT2D eigenvalue weighted by molar-refractivity contribution is 6.35. The van der Waals surface area contributed by atoms with Crippen LogP contribution in [0.4, 0.5) is 5.69 Å². The number of nitrogens with zero attached hydrogens (tertiary/aromatic N) is 3. The summed E-state index contributed by atoms with van der Waals surface area (Å²) in [4.78, 5) is 28.3. The topological polar surface area (TPSA) is 53.1 Å². The third-order valence-electron chi connectivity index (χ3n) is 6.09. The van der Waals surface area contributed by atoms with Crippen LogP contribution in [-0.4, -0.2) is 47.6 Å². The van der Waals surface area contributed by atoms with E-state index in [-0.39, 0.29) is 17.9 Å². The van der Waals surface area contributed by atoms with Crippen molar-refractivity contribution in [1.82, 2.24) is 10.0 Å². The lowest BCUT2D eigenvalue weighted by Crippen LogP contribution is -2.44. The zero-order valence-electron chi connectivity index (χ0n) is 16.4. The van der Waals surface area contributed by atoms with Crippen molar-refractivity contribution in [3.8, 4) is 5.75 Å². The molecule has 30 heavy (non-hydrogen) atoms. The lowest BCUT2D eigenvalue weighted by molar-refractivity contribution is -0.126. The van der Waals surface area contributed by atoms with Gasteiger partial charge in [-0.1, -0.05) is 29.3 Å². The van der Waals surface area contributed by atoms with Gasteiger partial charge in [-0.2, -0.15) is 0 Å². The molecule has 0 saturated carbocycles.